The minimum absolute atomic E-state index is 0.166. The lowest BCUT2D eigenvalue weighted by Crippen LogP contribution is -2.05. The molecule has 0 amide bonds. The molecule has 0 saturated carbocycles. The standard InChI is InChI=1S/C22H20OS/c23-21(19-12-6-2-7-13-19)16-22(20-14-8-3-9-15-20)24-17-18-10-4-1-5-11-18/h1-15,22H,16-17H2/t22-/m0/s1. The lowest BCUT2D eigenvalue weighted by molar-refractivity contribution is 0.0982. The van der Waals surface area contributed by atoms with Crippen LogP contribution in [0.1, 0.15) is 33.2 Å². The van der Waals surface area contributed by atoms with Crippen LogP contribution in [0, 0.1) is 0 Å². The van der Waals surface area contributed by atoms with E-state index in [4.69, 9.17) is 0 Å². The molecule has 1 atom stereocenters. The van der Waals surface area contributed by atoms with Crippen molar-refractivity contribution in [2.45, 2.75) is 17.4 Å². The van der Waals surface area contributed by atoms with E-state index in [1.165, 1.54) is 11.1 Å². The van der Waals surface area contributed by atoms with Gasteiger partial charge in [0.05, 0.1) is 0 Å². The molecule has 3 aromatic rings. The van der Waals surface area contributed by atoms with Gasteiger partial charge in [-0.05, 0) is 11.1 Å². The van der Waals surface area contributed by atoms with Gasteiger partial charge in [0.15, 0.2) is 5.78 Å². The smallest absolute Gasteiger partial charge is 0.164 e. The number of carbonyl (C=O) groups is 1. The van der Waals surface area contributed by atoms with E-state index in [0.29, 0.717) is 6.42 Å². The molecule has 0 radical (unpaired) electrons. The molecule has 0 N–H and O–H groups in total. The molecule has 1 nitrogen and oxygen atoms in total. The number of hydrogen-bond acceptors (Lipinski definition) is 2. The highest BCUT2D eigenvalue weighted by Crippen LogP contribution is 2.35. The monoisotopic (exact) mass is 332 g/mol. The second-order valence-corrected chi connectivity index (χ2v) is 6.88. The predicted octanol–water partition coefficient (Wildman–Crippen LogP) is 5.93. The maximum atomic E-state index is 12.6. The first-order chi connectivity index (χ1) is 11.8. The van der Waals surface area contributed by atoms with Crippen LogP contribution in [-0.4, -0.2) is 5.78 Å². The quantitative estimate of drug-likeness (QED) is 0.498. The van der Waals surface area contributed by atoms with Gasteiger partial charge in [0.1, 0.15) is 0 Å². The van der Waals surface area contributed by atoms with Gasteiger partial charge in [-0.15, -0.1) is 11.8 Å². The molecule has 0 bridgehead atoms. The Bertz CT molecular complexity index is 754. The van der Waals surface area contributed by atoms with Gasteiger partial charge in [0.2, 0.25) is 0 Å². The zero-order valence-corrected chi connectivity index (χ0v) is 14.3. The normalized spacial score (nSPS) is 11.8. The predicted molar refractivity (Wildman–Crippen MR) is 102 cm³/mol. The summed E-state index contributed by atoms with van der Waals surface area (Å²) in [5.74, 6) is 1.10. The van der Waals surface area contributed by atoms with Crippen LogP contribution in [0.2, 0.25) is 0 Å². The average molecular weight is 332 g/mol. The van der Waals surface area contributed by atoms with Gasteiger partial charge in [-0.1, -0.05) is 91.0 Å². The summed E-state index contributed by atoms with van der Waals surface area (Å²) >= 11 is 1.83. The molecule has 0 fully saturated rings. The van der Waals surface area contributed by atoms with E-state index in [2.05, 4.69) is 36.4 Å². The lowest BCUT2D eigenvalue weighted by Gasteiger charge is -2.17. The van der Waals surface area contributed by atoms with Crippen molar-refractivity contribution in [2.75, 3.05) is 0 Å². The second-order valence-electron chi connectivity index (χ2n) is 5.69. The molecule has 2 heteroatoms. The fraction of sp³-hybridized carbons (Fsp3) is 0.136. The summed E-state index contributed by atoms with van der Waals surface area (Å²) in [6.45, 7) is 0. The number of Topliss-reactive ketones (excluding diaryl/α,β-unsaturated/α-hetero) is 1. The molecule has 0 aliphatic carbocycles. The van der Waals surface area contributed by atoms with Crippen LogP contribution < -0.4 is 0 Å². The molecule has 0 aliphatic rings. The lowest BCUT2D eigenvalue weighted by atomic mass is 10.0. The van der Waals surface area contributed by atoms with E-state index in [0.717, 1.165) is 11.3 Å². The third kappa shape index (κ3) is 4.59. The van der Waals surface area contributed by atoms with Crippen LogP contribution in [-0.2, 0) is 5.75 Å². The molecular formula is C22H20OS. The van der Waals surface area contributed by atoms with Crippen LogP contribution in [0.4, 0.5) is 0 Å². The Morgan fingerprint density at radius 3 is 1.92 bits per heavy atom. The van der Waals surface area contributed by atoms with E-state index < -0.39 is 0 Å². The minimum atomic E-state index is 0.166. The highest BCUT2D eigenvalue weighted by atomic mass is 32.2. The second kappa shape index (κ2) is 8.51. The largest absolute Gasteiger partial charge is 0.294 e. The zero-order valence-electron chi connectivity index (χ0n) is 13.5. The van der Waals surface area contributed by atoms with Crippen LogP contribution in [0.3, 0.4) is 0 Å². The summed E-state index contributed by atoms with van der Waals surface area (Å²) in [5.41, 5.74) is 3.29. The number of ketones is 1. The van der Waals surface area contributed by atoms with Crippen molar-refractivity contribution in [1.82, 2.24) is 0 Å². The summed E-state index contributed by atoms with van der Waals surface area (Å²) in [4.78, 5) is 12.6. The van der Waals surface area contributed by atoms with Crippen LogP contribution >= 0.6 is 11.8 Å². The first kappa shape index (κ1) is 16.5. The van der Waals surface area contributed by atoms with E-state index in [1.54, 1.807) is 0 Å². The highest BCUT2D eigenvalue weighted by molar-refractivity contribution is 7.98. The molecule has 0 unspecified atom stereocenters. The maximum absolute atomic E-state index is 12.6. The molecule has 0 heterocycles. The number of thioether (sulfide) groups is 1. The molecule has 0 saturated heterocycles. The molecule has 0 aliphatic heterocycles. The fourth-order valence-corrected chi connectivity index (χ4v) is 3.83. The average Bonchev–Trinajstić information content (AvgIpc) is 2.67. The number of carbonyl (C=O) groups excluding carboxylic acids is 1. The van der Waals surface area contributed by atoms with Crippen molar-refractivity contribution < 1.29 is 4.79 Å². The van der Waals surface area contributed by atoms with E-state index in [9.17, 15) is 4.79 Å². The first-order valence-electron chi connectivity index (χ1n) is 8.11. The summed E-state index contributed by atoms with van der Waals surface area (Å²) in [6.07, 6.45) is 0.519. The van der Waals surface area contributed by atoms with Gasteiger partial charge in [0.25, 0.3) is 0 Å². The Labute approximate surface area is 147 Å². The molecule has 24 heavy (non-hydrogen) atoms. The number of rotatable bonds is 7. The van der Waals surface area contributed by atoms with Gasteiger partial charge in [-0.2, -0.15) is 0 Å². The third-order valence-corrected chi connectivity index (χ3v) is 5.27. The maximum Gasteiger partial charge on any atom is 0.164 e. The summed E-state index contributed by atoms with van der Waals surface area (Å²) < 4.78 is 0. The molecule has 3 rings (SSSR count). The summed E-state index contributed by atoms with van der Waals surface area (Å²) in [7, 11) is 0. The molecule has 0 aromatic heterocycles. The van der Waals surface area contributed by atoms with Crippen molar-refractivity contribution in [3.8, 4) is 0 Å². The van der Waals surface area contributed by atoms with Gasteiger partial charge >= 0.3 is 0 Å². The van der Waals surface area contributed by atoms with Gasteiger partial charge in [-0.25, -0.2) is 0 Å². The van der Waals surface area contributed by atoms with Crippen molar-refractivity contribution in [3.63, 3.8) is 0 Å². The Morgan fingerprint density at radius 2 is 1.29 bits per heavy atom. The first-order valence-corrected chi connectivity index (χ1v) is 9.16. The van der Waals surface area contributed by atoms with Crippen molar-refractivity contribution in [3.05, 3.63) is 108 Å². The summed E-state index contributed by atoms with van der Waals surface area (Å²) in [5, 5.41) is 0.166. The van der Waals surface area contributed by atoms with E-state index in [1.807, 2.05) is 66.4 Å². The molecule has 0 spiro atoms. The Hall–Kier alpha value is -2.32. The molecular weight excluding hydrogens is 312 g/mol. The van der Waals surface area contributed by atoms with Crippen LogP contribution in [0.5, 0.6) is 0 Å². The van der Waals surface area contributed by atoms with Gasteiger partial charge in [-0.3, -0.25) is 4.79 Å². The van der Waals surface area contributed by atoms with E-state index >= 15 is 0 Å². The Morgan fingerprint density at radius 1 is 0.750 bits per heavy atom. The van der Waals surface area contributed by atoms with Gasteiger partial charge < -0.3 is 0 Å². The van der Waals surface area contributed by atoms with Crippen molar-refractivity contribution >= 4 is 17.5 Å². The topological polar surface area (TPSA) is 17.1 Å². The SMILES string of the molecule is O=C(C[C@H](SCc1ccccc1)c1ccccc1)c1ccccc1. The number of benzene rings is 3. The Kier molecular flexibility index (Phi) is 5.86. The molecule has 120 valence electrons. The van der Waals surface area contributed by atoms with Crippen LogP contribution in [0.15, 0.2) is 91.0 Å². The highest BCUT2D eigenvalue weighted by Gasteiger charge is 2.17. The summed E-state index contributed by atoms with van der Waals surface area (Å²) in [6, 6.07) is 30.3. The number of hydrogen-bond donors (Lipinski definition) is 0. The van der Waals surface area contributed by atoms with Gasteiger partial charge in [0, 0.05) is 23.0 Å². The van der Waals surface area contributed by atoms with E-state index in [-0.39, 0.29) is 11.0 Å². The third-order valence-electron chi connectivity index (χ3n) is 3.93. The fourth-order valence-electron chi connectivity index (χ4n) is 2.62. The Balaban J connectivity index is 1.74. The minimum Gasteiger partial charge on any atom is -0.294 e. The zero-order chi connectivity index (χ0) is 16.6. The van der Waals surface area contributed by atoms with Crippen molar-refractivity contribution in [1.29, 1.82) is 0 Å². The molecule has 3 aromatic carbocycles. The van der Waals surface area contributed by atoms with Crippen molar-refractivity contribution in [2.24, 2.45) is 0 Å². The van der Waals surface area contributed by atoms with Crippen LogP contribution in [0.25, 0.3) is 0 Å².